The monoisotopic (exact) mass is 323 g/mol. The van der Waals surface area contributed by atoms with E-state index in [-0.39, 0.29) is 16.7 Å². The van der Waals surface area contributed by atoms with E-state index >= 15 is 0 Å². The summed E-state index contributed by atoms with van der Waals surface area (Å²) in [5.41, 5.74) is 0.140. The van der Waals surface area contributed by atoms with Crippen molar-refractivity contribution in [1.29, 1.82) is 0 Å². The number of carbonyl (C=O) groups is 1. The van der Waals surface area contributed by atoms with Crippen LogP contribution in [0.2, 0.25) is 0 Å². The second-order valence-corrected chi connectivity index (χ2v) is 6.88. The molecule has 1 aromatic rings. The summed E-state index contributed by atoms with van der Waals surface area (Å²) in [4.78, 5) is 11.9. The number of aromatic nitrogens is 1. The average Bonchev–Trinajstić information content (AvgIpc) is 2.80. The Hall–Kier alpha value is -1.05. The van der Waals surface area contributed by atoms with Gasteiger partial charge in [0, 0.05) is 30.5 Å². The number of esters is 1. The van der Waals surface area contributed by atoms with Gasteiger partial charge in [-0.15, -0.1) is 0 Å². The summed E-state index contributed by atoms with van der Waals surface area (Å²) >= 11 is 0. The molecule has 0 saturated heterocycles. The van der Waals surface area contributed by atoms with Crippen LogP contribution in [0.5, 0.6) is 0 Å². The maximum absolute atomic E-state index is 12.0. The standard InChI is InChI=1S/C12H18ClNO5S/c1-4-9(2)19-12(15)11-7-10(20(13,16)17)8-14(11)5-6-18-3/h7-9H,4-6H2,1-3H3. The third kappa shape index (κ3) is 4.50. The smallest absolute Gasteiger partial charge is 0.355 e. The molecule has 1 rings (SSSR count). The minimum Gasteiger partial charge on any atom is -0.458 e. The summed E-state index contributed by atoms with van der Waals surface area (Å²) in [6, 6.07) is 1.21. The fourth-order valence-corrected chi connectivity index (χ4v) is 2.25. The Morgan fingerprint density at radius 3 is 2.65 bits per heavy atom. The fourth-order valence-electron chi connectivity index (χ4n) is 1.49. The quantitative estimate of drug-likeness (QED) is 0.567. The van der Waals surface area contributed by atoms with Crippen LogP contribution in [0.15, 0.2) is 17.2 Å². The van der Waals surface area contributed by atoms with Gasteiger partial charge in [0.25, 0.3) is 9.05 Å². The molecular weight excluding hydrogens is 306 g/mol. The first-order valence-corrected chi connectivity index (χ1v) is 8.45. The molecule has 1 unspecified atom stereocenters. The van der Waals surface area contributed by atoms with Crippen molar-refractivity contribution in [1.82, 2.24) is 4.57 Å². The van der Waals surface area contributed by atoms with Crippen molar-refractivity contribution < 1.29 is 22.7 Å². The largest absolute Gasteiger partial charge is 0.458 e. The van der Waals surface area contributed by atoms with Crippen LogP contribution < -0.4 is 0 Å². The highest BCUT2D eigenvalue weighted by molar-refractivity contribution is 8.13. The van der Waals surface area contributed by atoms with Gasteiger partial charge in [-0.25, -0.2) is 13.2 Å². The van der Waals surface area contributed by atoms with Crippen molar-refractivity contribution in [2.75, 3.05) is 13.7 Å². The van der Waals surface area contributed by atoms with E-state index in [9.17, 15) is 13.2 Å². The molecule has 0 saturated carbocycles. The van der Waals surface area contributed by atoms with Gasteiger partial charge in [0.2, 0.25) is 0 Å². The molecule has 0 aromatic carbocycles. The molecule has 8 heteroatoms. The number of ether oxygens (including phenoxy) is 2. The molecule has 1 atom stereocenters. The van der Waals surface area contributed by atoms with Gasteiger partial charge in [0.15, 0.2) is 0 Å². The first-order chi connectivity index (χ1) is 9.29. The molecule has 0 aliphatic rings. The Kier molecular flexibility index (Phi) is 6.04. The summed E-state index contributed by atoms with van der Waals surface area (Å²) in [5, 5.41) is 0. The maximum atomic E-state index is 12.0. The van der Waals surface area contributed by atoms with Crippen LogP contribution in [0.3, 0.4) is 0 Å². The Labute approximate surface area is 123 Å². The molecule has 0 N–H and O–H groups in total. The van der Waals surface area contributed by atoms with Crippen molar-refractivity contribution >= 4 is 25.7 Å². The molecule has 114 valence electrons. The molecule has 0 spiro atoms. The van der Waals surface area contributed by atoms with Crippen LogP contribution in [0.25, 0.3) is 0 Å². The van der Waals surface area contributed by atoms with E-state index in [1.165, 1.54) is 23.9 Å². The lowest BCUT2D eigenvalue weighted by molar-refractivity contribution is 0.0320. The third-order valence-electron chi connectivity index (χ3n) is 2.78. The molecule has 1 aromatic heterocycles. The zero-order valence-corrected chi connectivity index (χ0v) is 13.2. The van der Waals surface area contributed by atoms with Gasteiger partial charge in [-0.2, -0.15) is 0 Å². The SMILES string of the molecule is CCC(C)OC(=O)c1cc(S(=O)(=O)Cl)cn1CCOC. The number of nitrogens with zero attached hydrogens (tertiary/aromatic N) is 1. The number of rotatable bonds is 7. The summed E-state index contributed by atoms with van der Waals surface area (Å²) in [6.45, 7) is 4.31. The highest BCUT2D eigenvalue weighted by atomic mass is 35.7. The second-order valence-electron chi connectivity index (χ2n) is 4.31. The number of hydrogen-bond acceptors (Lipinski definition) is 5. The van der Waals surface area contributed by atoms with Gasteiger partial charge < -0.3 is 14.0 Å². The van der Waals surface area contributed by atoms with Crippen molar-refractivity contribution in [3.05, 3.63) is 18.0 Å². The van der Waals surface area contributed by atoms with E-state index in [0.29, 0.717) is 19.6 Å². The molecule has 0 aliphatic carbocycles. The summed E-state index contributed by atoms with van der Waals surface area (Å²) in [6.07, 6.45) is 1.73. The van der Waals surface area contributed by atoms with Gasteiger partial charge in [0.05, 0.1) is 12.7 Å². The lowest BCUT2D eigenvalue weighted by Crippen LogP contribution is -2.18. The van der Waals surface area contributed by atoms with Gasteiger partial charge >= 0.3 is 5.97 Å². The Morgan fingerprint density at radius 1 is 1.50 bits per heavy atom. The molecule has 1 heterocycles. The van der Waals surface area contributed by atoms with E-state index in [1.54, 1.807) is 6.92 Å². The highest BCUT2D eigenvalue weighted by Crippen LogP contribution is 2.20. The van der Waals surface area contributed by atoms with Crippen molar-refractivity contribution in [3.63, 3.8) is 0 Å². The minimum absolute atomic E-state index is 0.133. The van der Waals surface area contributed by atoms with Crippen molar-refractivity contribution in [2.45, 2.75) is 37.8 Å². The molecule has 6 nitrogen and oxygen atoms in total. The number of carbonyl (C=O) groups excluding carboxylic acids is 1. The van der Waals surface area contributed by atoms with Crippen LogP contribution in [-0.4, -0.2) is 38.8 Å². The van der Waals surface area contributed by atoms with Crippen LogP contribution in [-0.2, 0) is 25.1 Å². The molecule has 0 aliphatic heterocycles. The second kappa shape index (κ2) is 7.10. The van der Waals surface area contributed by atoms with Crippen molar-refractivity contribution in [3.8, 4) is 0 Å². The lowest BCUT2D eigenvalue weighted by atomic mass is 10.3. The molecule has 20 heavy (non-hydrogen) atoms. The Balaban J connectivity index is 3.08. The van der Waals surface area contributed by atoms with E-state index in [0.717, 1.165) is 0 Å². The number of halogens is 1. The van der Waals surface area contributed by atoms with Crippen LogP contribution in [0, 0.1) is 0 Å². The van der Waals surface area contributed by atoms with E-state index in [2.05, 4.69) is 0 Å². The van der Waals surface area contributed by atoms with Crippen molar-refractivity contribution in [2.24, 2.45) is 0 Å². The van der Waals surface area contributed by atoms with Gasteiger partial charge in [0.1, 0.15) is 10.6 Å². The number of hydrogen-bond donors (Lipinski definition) is 0. The third-order valence-corrected chi connectivity index (χ3v) is 4.10. The van der Waals surface area contributed by atoms with Crippen LogP contribution >= 0.6 is 10.7 Å². The summed E-state index contributed by atoms with van der Waals surface area (Å²) < 4.78 is 34.3. The Morgan fingerprint density at radius 2 is 2.15 bits per heavy atom. The van der Waals surface area contributed by atoms with Gasteiger partial charge in [-0.05, 0) is 19.4 Å². The lowest BCUT2D eigenvalue weighted by Gasteiger charge is -2.12. The fraction of sp³-hybridized carbons (Fsp3) is 0.583. The molecule has 0 radical (unpaired) electrons. The molecule has 0 amide bonds. The van der Waals surface area contributed by atoms with E-state index < -0.39 is 15.0 Å². The zero-order chi connectivity index (χ0) is 15.3. The van der Waals surface area contributed by atoms with E-state index in [1.807, 2.05) is 6.92 Å². The maximum Gasteiger partial charge on any atom is 0.355 e. The summed E-state index contributed by atoms with van der Waals surface area (Å²) in [7, 11) is 2.91. The van der Waals surface area contributed by atoms with E-state index in [4.69, 9.17) is 20.2 Å². The number of methoxy groups -OCH3 is 1. The highest BCUT2D eigenvalue weighted by Gasteiger charge is 2.21. The predicted octanol–water partition coefficient (Wildman–Crippen LogP) is 2.02. The van der Waals surface area contributed by atoms with Crippen LogP contribution in [0.1, 0.15) is 30.8 Å². The molecule has 0 fully saturated rings. The predicted molar refractivity (Wildman–Crippen MR) is 74.5 cm³/mol. The zero-order valence-electron chi connectivity index (χ0n) is 11.6. The normalized spacial score (nSPS) is 13.2. The first kappa shape index (κ1) is 17.0. The van der Waals surface area contributed by atoms with Gasteiger partial charge in [-0.3, -0.25) is 0 Å². The Bertz CT molecular complexity index is 566. The average molecular weight is 324 g/mol. The van der Waals surface area contributed by atoms with Gasteiger partial charge in [-0.1, -0.05) is 6.92 Å². The molecular formula is C12H18ClNO5S. The van der Waals surface area contributed by atoms with Crippen LogP contribution in [0.4, 0.5) is 0 Å². The first-order valence-electron chi connectivity index (χ1n) is 6.14. The topological polar surface area (TPSA) is 74.6 Å². The minimum atomic E-state index is -3.89. The molecule has 0 bridgehead atoms. The summed E-state index contributed by atoms with van der Waals surface area (Å²) in [5.74, 6) is -0.581.